The van der Waals surface area contributed by atoms with E-state index in [4.69, 9.17) is 4.74 Å². The number of anilines is 1. The standard InChI is InChI=1S/C21H23N3O2/c1-15-9-10-18(12-16(15)2)26-11-5-8-21(25)24-20-7-4-3-6-19(20)17-13-22-23-14-17/h3-4,6-7,9-10,12-14H,5,8,11H2,1-2H3,(H,22,23)(H,24,25). The van der Waals surface area contributed by atoms with Crippen LogP contribution in [0.25, 0.3) is 11.1 Å². The molecule has 5 nitrogen and oxygen atoms in total. The number of para-hydroxylation sites is 1. The van der Waals surface area contributed by atoms with E-state index in [0.717, 1.165) is 22.6 Å². The maximum Gasteiger partial charge on any atom is 0.224 e. The average molecular weight is 349 g/mol. The molecule has 2 N–H and O–H groups in total. The number of carbonyl (C=O) groups excluding carboxylic acids is 1. The highest BCUT2D eigenvalue weighted by molar-refractivity contribution is 5.95. The Hall–Kier alpha value is -3.08. The third-order valence-electron chi connectivity index (χ3n) is 4.31. The zero-order valence-electron chi connectivity index (χ0n) is 15.1. The topological polar surface area (TPSA) is 67.0 Å². The molecule has 0 spiro atoms. The van der Waals surface area contributed by atoms with Crippen LogP contribution in [-0.2, 0) is 4.79 Å². The van der Waals surface area contributed by atoms with Crippen molar-refractivity contribution in [2.24, 2.45) is 0 Å². The average Bonchev–Trinajstić information content (AvgIpc) is 3.16. The first-order valence-corrected chi connectivity index (χ1v) is 8.71. The molecule has 0 aliphatic carbocycles. The minimum absolute atomic E-state index is 0.0235. The maximum atomic E-state index is 12.3. The van der Waals surface area contributed by atoms with Crippen molar-refractivity contribution in [3.63, 3.8) is 0 Å². The zero-order valence-corrected chi connectivity index (χ0v) is 15.1. The van der Waals surface area contributed by atoms with Crippen LogP contribution in [0.3, 0.4) is 0 Å². The van der Waals surface area contributed by atoms with Gasteiger partial charge in [-0.3, -0.25) is 9.89 Å². The number of hydrogen-bond donors (Lipinski definition) is 2. The van der Waals surface area contributed by atoms with E-state index in [1.54, 1.807) is 6.20 Å². The number of hydrogen-bond acceptors (Lipinski definition) is 3. The Morgan fingerprint density at radius 3 is 2.77 bits per heavy atom. The number of aryl methyl sites for hydroxylation is 2. The Bertz CT molecular complexity index is 873. The van der Waals surface area contributed by atoms with Gasteiger partial charge in [-0.25, -0.2) is 0 Å². The molecule has 0 saturated carbocycles. The molecular weight excluding hydrogens is 326 g/mol. The van der Waals surface area contributed by atoms with Crippen molar-refractivity contribution >= 4 is 11.6 Å². The maximum absolute atomic E-state index is 12.3. The third kappa shape index (κ3) is 4.51. The molecule has 0 aliphatic heterocycles. The number of ether oxygens (including phenoxy) is 1. The van der Waals surface area contributed by atoms with E-state index in [9.17, 15) is 4.79 Å². The molecule has 0 atom stereocenters. The molecule has 5 heteroatoms. The molecule has 2 aromatic carbocycles. The van der Waals surface area contributed by atoms with Gasteiger partial charge in [0, 0.05) is 29.4 Å². The smallest absolute Gasteiger partial charge is 0.224 e. The van der Waals surface area contributed by atoms with Crippen LogP contribution in [0.1, 0.15) is 24.0 Å². The molecule has 0 aliphatic rings. The van der Waals surface area contributed by atoms with Crippen molar-refractivity contribution in [1.29, 1.82) is 0 Å². The first-order valence-electron chi connectivity index (χ1n) is 8.71. The third-order valence-corrected chi connectivity index (χ3v) is 4.31. The second-order valence-corrected chi connectivity index (χ2v) is 6.28. The van der Waals surface area contributed by atoms with Crippen molar-refractivity contribution in [1.82, 2.24) is 10.2 Å². The first-order chi connectivity index (χ1) is 12.6. The zero-order chi connectivity index (χ0) is 18.4. The number of carbonyl (C=O) groups is 1. The van der Waals surface area contributed by atoms with Gasteiger partial charge in [-0.05, 0) is 49.6 Å². The van der Waals surface area contributed by atoms with Gasteiger partial charge in [0.15, 0.2) is 0 Å². The summed E-state index contributed by atoms with van der Waals surface area (Å²) >= 11 is 0. The molecule has 3 rings (SSSR count). The second-order valence-electron chi connectivity index (χ2n) is 6.28. The minimum atomic E-state index is -0.0235. The lowest BCUT2D eigenvalue weighted by Crippen LogP contribution is -2.13. The first kappa shape index (κ1) is 17.7. The van der Waals surface area contributed by atoms with E-state index in [1.165, 1.54) is 11.1 Å². The van der Waals surface area contributed by atoms with Crippen molar-refractivity contribution in [3.05, 3.63) is 66.0 Å². The highest BCUT2D eigenvalue weighted by Crippen LogP contribution is 2.27. The van der Waals surface area contributed by atoms with E-state index in [0.29, 0.717) is 19.4 Å². The van der Waals surface area contributed by atoms with Gasteiger partial charge in [-0.2, -0.15) is 5.10 Å². The summed E-state index contributed by atoms with van der Waals surface area (Å²) in [4.78, 5) is 12.3. The summed E-state index contributed by atoms with van der Waals surface area (Å²) in [6.45, 7) is 4.65. The van der Waals surface area contributed by atoms with E-state index in [-0.39, 0.29) is 5.91 Å². The summed E-state index contributed by atoms with van der Waals surface area (Å²) in [5.74, 6) is 0.823. The summed E-state index contributed by atoms with van der Waals surface area (Å²) in [5.41, 5.74) is 5.12. The summed E-state index contributed by atoms with van der Waals surface area (Å²) in [6, 6.07) is 13.7. The Morgan fingerprint density at radius 2 is 2.00 bits per heavy atom. The van der Waals surface area contributed by atoms with Gasteiger partial charge in [0.1, 0.15) is 5.75 Å². The number of amides is 1. The van der Waals surface area contributed by atoms with E-state index >= 15 is 0 Å². The van der Waals surface area contributed by atoms with Crippen LogP contribution in [0.5, 0.6) is 5.75 Å². The molecule has 0 bridgehead atoms. The van der Waals surface area contributed by atoms with Gasteiger partial charge in [0.05, 0.1) is 12.8 Å². The van der Waals surface area contributed by atoms with Gasteiger partial charge in [0.25, 0.3) is 0 Å². The van der Waals surface area contributed by atoms with E-state index in [1.807, 2.05) is 48.7 Å². The monoisotopic (exact) mass is 349 g/mol. The number of H-pyrrole nitrogens is 1. The molecule has 134 valence electrons. The van der Waals surface area contributed by atoms with Crippen LogP contribution in [0.2, 0.25) is 0 Å². The molecule has 0 unspecified atom stereocenters. The highest BCUT2D eigenvalue weighted by atomic mass is 16.5. The lowest BCUT2D eigenvalue weighted by molar-refractivity contribution is -0.116. The van der Waals surface area contributed by atoms with Crippen LogP contribution in [0.4, 0.5) is 5.69 Å². The van der Waals surface area contributed by atoms with Gasteiger partial charge in [-0.15, -0.1) is 0 Å². The Kier molecular flexibility index (Phi) is 5.69. The molecule has 1 heterocycles. The number of aromatic amines is 1. The second kappa shape index (κ2) is 8.34. The van der Waals surface area contributed by atoms with Crippen LogP contribution >= 0.6 is 0 Å². The Labute approximate surface area is 153 Å². The molecule has 3 aromatic rings. The normalized spacial score (nSPS) is 10.5. The fraction of sp³-hybridized carbons (Fsp3) is 0.238. The van der Waals surface area contributed by atoms with Crippen molar-refractivity contribution in [2.45, 2.75) is 26.7 Å². The summed E-state index contributed by atoms with van der Waals surface area (Å²) in [5, 5.41) is 9.74. The lowest BCUT2D eigenvalue weighted by Gasteiger charge is -2.11. The fourth-order valence-corrected chi connectivity index (χ4v) is 2.68. The number of aromatic nitrogens is 2. The molecule has 0 radical (unpaired) electrons. The molecular formula is C21H23N3O2. The van der Waals surface area contributed by atoms with Crippen LogP contribution < -0.4 is 10.1 Å². The SMILES string of the molecule is Cc1ccc(OCCCC(=O)Nc2ccccc2-c2cn[nH]c2)cc1C. The lowest BCUT2D eigenvalue weighted by atomic mass is 10.1. The Morgan fingerprint density at radius 1 is 1.15 bits per heavy atom. The van der Waals surface area contributed by atoms with Crippen LogP contribution in [-0.4, -0.2) is 22.7 Å². The van der Waals surface area contributed by atoms with Gasteiger partial charge >= 0.3 is 0 Å². The van der Waals surface area contributed by atoms with Gasteiger partial charge in [-0.1, -0.05) is 24.3 Å². The summed E-state index contributed by atoms with van der Waals surface area (Å²) in [7, 11) is 0. The van der Waals surface area contributed by atoms with Crippen molar-refractivity contribution in [2.75, 3.05) is 11.9 Å². The molecule has 1 amide bonds. The number of nitrogens with one attached hydrogen (secondary N) is 2. The van der Waals surface area contributed by atoms with E-state index < -0.39 is 0 Å². The quantitative estimate of drug-likeness (QED) is 0.618. The van der Waals surface area contributed by atoms with Gasteiger partial charge < -0.3 is 10.1 Å². The fourth-order valence-electron chi connectivity index (χ4n) is 2.68. The Balaban J connectivity index is 1.50. The van der Waals surface area contributed by atoms with Crippen LogP contribution in [0.15, 0.2) is 54.9 Å². The minimum Gasteiger partial charge on any atom is -0.494 e. The van der Waals surface area contributed by atoms with Crippen molar-refractivity contribution in [3.8, 4) is 16.9 Å². The summed E-state index contributed by atoms with van der Waals surface area (Å²) in [6.07, 6.45) is 4.61. The summed E-state index contributed by atoms with van der Waals surface area (Å²) < 4.78 is 5.73. The number of benzene rings is 2. The van der Waals surface area contributed by atoms with Gasteiger partial charge in [0.2, 0.25) is 5.91 Å². The van der Waals surface area contributed by atoms with Crippen LogP contribution in [0, 0.1) is 13.8 Å². The number of nitrogens with zero attached hydrogens (tertiary/aromatic N) is 1. The predicted octanol–water partition coefficient (Wildman–Crippen LogP) is 4.49. The predicted molar refractivity (Wildman–Crippen MR) is 103 cm³/mol. The highest BCUT2D eigenvalue weighted by Gasteiger charge is 2.09. The number of rotatable bonds is 7. The molecule has 0 saturated heterocycles. The molecule has 26 heavy (non-hydrogen) atoms. The van der Waals surface area contributed by atoms with Crippen molar-refractivity contribution < 1.29 is 9.53 Å². The largest absolute Gasteiger partial charge is 0.494 e. The molecule has 0 fully saturated rings. The molecule has 1 aromatic heterocycles. The van der Waals surface area contributed by atoms with E-state index in [2.05, 4.69) is 29.4 Å².